The molecule has 7 nitrogen and oxygen atoms in total. The second-order valence-electron chi connectivity index (χ2n) is 5.96. The third kappa shape index (κ3) is 2.84. The molecule has 0 aliphatic carbocycles. The van der Waals surface area contributed by atoms with Gasteiger partial charge in [0.05, 0.1) is 18.4 Å². The molecular formula is C16H18N6OS. The smallest absolute Gasteiger partial charge is 0.257 e. The van der Waals surface area contributed by atoms with Gasteiger partial charge in [-0.15, -0.1) is 11.3 Å². The fraction of sp³-hybridized carbons (Fsp3) is 0.375. The van der Waals surface area contributed by atoms with Crippen molar-refractivity contribution in [3.05, 3.63) is 40.8 Å². The third-order valence-corrected chi connectivity index (χ3v) is 5.03. The highest BCUT2D eigenvalue weighted by molar-refractivity contribution is 7.13. The van der Waals surface area contributed by atoms with E-state index in [0.29, 0.717) is 17.8 Å². The van der Waals surface area contributed by atoms with Crippen LogP contribution in [0.3, 0.4) is 0 Å². The number of carbonyl (C=O) groups excluding carboxylic acids is 1. The fourth-order valence-electron chi connectivity index (χ4n) is 2.83. The van der Waals surface area contributed by atoms with E-state index in [4.69, 9.17) is 0 Å². The van der Waals surface area contributed by atoms with Crippen LogP contribution < -0.4 is 10.2 Å². The van der Waals surface area contributed by atoms with E-state index in [2.05, 4.69) is 25.3 Å². The van der Waals surface area contributed by atoms with Crippen LogP contribution in [0, 0.1) is 6.92 Å². The molecule has 4 rings (SSSR count). The summed E-state index contributed by atoms with van der Waals surface area (Å²) in [6.07, 6.45) is 7.59. The number of carbonyl (C=O) groups is 1. The maximum absolute atomic E-state index is 12.4. The standard InChI is InChI=1S/C16H18N6OS/c1-11-6-17-14-13(8-19-22(14)9-11)15(23)18-7-12-10-24-16(20-12)21-4-2-3-5-21/h6,8-10H,2-5,7H2,1H3,(H,18,23). The molecule has 1 aliphatic heterocycles. The maximum Gasteiger partial charge on any atom is 0.257 e. The zero-order chi connectivity index (χ0) is 16.5. The summed E-state index contributed by atoms with van der Waals surface area (Å²) in [5, 5.41) is 10.1. The Labute approximate surface area is 143 Å². The monoisotopic (exact) mass is 342 g/mol. The van der Waals surface area contributed by atoms with Crippen LogP contribution in [0.25, 0.3) is 5.65 Å². The molecule has 0 bridgehead atoms. The van der Waals surface area contributed by atoms with Crippen molar-refractivity contribution < 1.29 is 4.79 Å². The van der Waals surface area contributed by atoms with Gasteiger partial charge in [-0.25, -0.2) is 14.5 Å². The van der Waals surface area contributed by atoms with Crippen LogP contribution in [-0.2, 0) is 6.54 Å². The predicted octanol–water partition coefficient (Wildman–Crippen LogP) is 2.02. The molecule has 1 saturated heterocycles. The molecular weight excluding hydrogens is 324 g/mol. The SMILES string of the molecule is Cc1cnc2c(C(=O)NCc3csc(N4CCCC4)n3)cnn2c1. The number of anilines is 1. The highest BCUT2D eigenvalue weighted by Crippen LogP contribution is 2.24. The van der Waals surface area contributed by atoms with Crippen molar-refractivity contribution in [1.29, 1.82) is 0 Å². The number of nitrogens with zero attached hydrogens (tertiary/aromatic N) is 5. The van der Waals surface area contributed by atoms with E-state index in [1.807, 2.05) is 18.5 Å². The topological polar surface area (TPSA) is 75.4 Å². The molecule has 1 aliphatic rings. The van der Waals surface area contributed by atoms with Crippen molar-refractivity contribution in [3.63, 3.8) is 0 Å². The largest absolute Gasteiger partial charge is 0.348 e. The molecule has 24 heavy (non-hydrogen) atoms. The Kier molecular flexibility index (Phi) is 3.89. The Hall–Kier alpha value is -2.48. The van der Waals surface area contributed by atoms with Crippen LogP contribution in [-0.4, -0.2) is 38.6 Å². The lowest BCUT2D eigenvalue weighted by molar-refractivity contribution is 0.0952. The Morgan fingerprint density at radius 3 is 3.00 bits per heavy atom. The average Bonchev–Trinajstić information content (AvgIpc) is 3.31. The molecule has 4 heterocycles. The van der Waals surface area contributed by atoms with Gasteiger partial charge < -0.3 is 10.2 Å². The molecule has 0 atom stereocenters. The molecule has 0 saturated carbocycles. The van der Waals surface area contributed by atoms with E-state index < -0.39 is 0 Å². The number of rotatable bonds is 4. The van der Waals surface area contributed by atoms with Crippen molar-refractivity contribution in [2.75, 3.05) is 18.0 Å². The summed E-state index contributed by atoms with van der Waals surface area (Å²) in [5.74, 6) is -0.183. The Morgan fingerprint density at radius 2 is 2.17 bits per heavy atom. The summed E-state index contributed by atoms with van der Waals surface area (Å²) in [6, 6.07) is 0. The molecule has 8 heteroatoms. The van der Waals surface area contributed by atoms with Crippen molar-refractivity contribution >= 4 is 28.0 Å². The van der Waals surface area contributed by atoms with Gasteiger partial charge in [0.15, 0.2) is 10.8 Å². The minimum Gasteiger partial charge on any atom is -0.348 e. The molecule has 124 valence electrons. The van der Waals surface area contributed by atoms with Gasteiger partial charge in [-0.1, -0.05) is 0 Å². The zero-order valence-electron chi connectivity index (χ0n) is 13.4. The lowest BCUT2D eigenvalue weighted by Gasteiger charge is -2.12. The van der Waals surface area contributed by atoms with Gasteiger partial charge in [-0.2, -0.15) is 5.10 Å². The van der Waals surface area contributed by atoms with Crippen molar-refractivity contribution in [2.45, 2.75) is 26.3 Å². The number of hydrogen-bond donors (Lipinski definition) is 1. The van der Waals surface area contributed by atoms with Crippen LogP contribution in [0.5, 0.6) is 0 Å². The third-order valence-electron chi connectivity index (χ3n) is 4.08. The first-order chi connectivity index (χ1) is 11.7. The summed E-state index contributed by atoms with van der Waals surface area (Å²) >= 11 is 1.63. The predicted molar refractivity (Wildman–Crippen MR) is 92.5 cm³/mol. The Bertz CT molecular complexity index is 880. The summed E-state index contributed by atoms with van der Waals surface area (Å²) in [5.41, 5.74) is 2.92. The van der Waals surface area contributed by atoms with E-state index in [9.17, 15) is 4.79 Å². The molecule has 3 aromatic heterocycles. The Morgan fingerprint density at radius 1 is 1.33 bits per heavy atom. The number of aryl methyl sites for hydroxylation is 1. The van der Waals surface area contributed by atoms with Crippen molar-refractivity contribution in [3.8, 4) is 0 Å². The number of hydrogen-bond acceptors (Lipinski definition) is 6. The van der Waals surface area contributed by atoms with Crippen LogP contribution >= 0.6 is 11.3 Å². The lowest BCUT2D eigenvalue weighted by Crippen LogP contribution is -2.23. The molecule has 1 amide bonds. The molecule has 1 N–H and O–H groups in total. The molecule has 0 unspecified atom stereocenters. The molecule has 1 fully saturated rings. The van der Waals surface area contributed by atoms with Gasteiger partial charge in [0.2, 0.25) is 0 Å². The van der Waals surface area contributed by atoms with E-state index in [0.717, 1.165) is 29.5 Å². The highest BCUT2D eigenvalue weighted by Gasteiger charge is 2.17. The minimum absolute atomic E-state index is 0.183. The first kappa shape index (κ1) is 15.1. The average molecular weight is 342 g/mol. The van der Waals surface area contributed by atoms with E-state index in [1.165, 1.54) is 12.8 Å². The molecule has 0 radical (unpaired) electrons. The second kappa shape index (κ2) is 6.20. The van der Waals surface area contributed by atoms with Gasteiger partial charge >= 0.3 is 0 Å². The number of aromatic nitrogens is 4. The van der Waals surface area contributed by atoms with Crippen LogP contribution in [0.1, 0.15) is 34.5 Å². The molecule has 0 aromatic carbocycles. The quantitative estimate of drug-likeness (QED) is 0.785. The normalized spacial score (nSPS) is 14.5. The summed E-state index contributed by atoms with van der Waals surface area (Å²) in [4.78, 5) is 23.6. The zero-order valence-corrected chi connectivity index (χ0v) is 14.2. The van der Waals surface area contributed by atoms with E-state index in [1.54, 1.807) is 28.2 Å². The fourth-order valence-corrected chi connectivity index (χ4v) is 3.70. The number of fused-ring (bicyclic) bond motifs is 1. The van der Waals surface area contributed by atoms with Gasteiger partial charge in [0, 0.05) is 30.9 Å². The first-order valence-electron chi connectivity index (χ1n) is 7.98. The number of nitrogens with one attached hydrogen (secondary N) is 1. The van der Waals surface area contributed by atoms with Crippen LogP contribution in [0.15, 0.2) is 24.0 Å². The van der Waals surface area contributed by atoms with Crippen LogP contribution in [0.2, 0.25) is 0 Å². The maximum atomic E-state index is 12.4. The lowest BCUT2D eigenvalue weighted by atomic mass is 10.3. The molecule has 3 aromatic rings. The first-order valence-corrected chi connectivity index (χ1v) is 8.86. The van der Waals surface area contributed by atoms with Gasteiger partial charge in [-0.05, 0) is 25.3 Å². The number of amides is 1. The van der Waals surface area contributed by atoms with E-state index in [-0.39, 0.29) is 5.91 Å². The van der Waals surface area contributed by atoms with Gasteiger partial charge in [0.25, 0.3) is 5.91 Å². The second-order valence-corrected chi connectivity index (χ2v) is 6.79. The number of thiazole rings is 1. The molecule has 0 spiro atoms. The summed E-state index contributed by atoms with van der Waals surface area (Å²) < 4.78 is 1.62. The highest BCUT2D eigenvalue weighted by atomic mass is 32.1. The summed E-state index contributed by atoms with van der Waals surface area (Å²) in [7, 11) is 0. The van der Waals surface area contributed by atoms with Crippen molar-refractivity contribution in [1.82, 2.24) is 24.9 Å². The van der Waals surface area contributed by atoms with Crippen LogP contribution in [0.4, 0.5) is 5.13 Å². The van der Waals surface area contributed by atoms with Crippen molar-refractivity contribution in [2.24, 2.45) is 0 Å². The van der Waals surface area contributed by atoms with Gasteiger partial charge in [0.1, 0.15) is 5.56 Å². The summed E-state index contributed by atoms with van der Waals surface area (Å²) in [6.45, 7) is 4.50. The van der Waals surface area contributed by atoms with Gasteiger partial charge in [-0.3, -0.25) is 4.79 Å². The van der Waals surface area contributed by atoms with E-state index >= 15 is 0 Å². The Balaban J connectivity index is 1.44. The minimum atomic E-state index is -0.183.